The standard InChI is InChI=1S/C21H37N5O.HI/c1-5-22-21(23-15-19-17-25(4)13-14-27-19)24-16-20(26(6-2)7-3)18-11-9-8-10-12-18;/h8-12,19-20H,5-7,13-17H2,1-4H3,(H2,22,23,24);1H. The van der Waals surface area contributed by atoms with E-state index in [1.807, 2.05) is 0 Å². The van der Waals surface area contributed by atoms with Gasteiger partial charge < -0.3 is 20.3 Å². The molecule has 2 unspecified atom stereocenters. The Bertz CT molecular complexity index is 553. The molecule has 1 saturated heterocycles. The number of nitrogens with one attached hydrogen (secondary N) is 2. The van der Waals surface area contributed by atoms with E-state index in [0.29, 0.717) is 0 Å². The number of nitrogens with zero attached hydrogens (tertiary/aromatic N) is 3. The van der Waals surface area contributed by atoms with Crippen molar-refractivity contribution in [3.05, 3.63) is 35.9 Å². The number of halogens is 1. The van der Waals surface area contributed by atoms with Gasteiger partial charge >= 0.3 is 0 Å². The molecule has 0 aliphatic carbocycles. The van der Waals surface area contributed by atoms with Gasteiger partial charge in [-0.3, -0.25) is 9.89 Å². The highest BCUT2D eigenvalue weighted by Gasteiger charge is 2.19. The molecule has 2 atom stereocenters. The maximum atomic E-state index is 5.85. The highest BCUT2D eigenvalue weighted by Crippen LogP contribution is 2.20. The van der Waals surface area contributed by atoms with E-state index >= 15 is 0 Å². The molecular weight excluding hydrogens is 465 g/mol. The van der Waals surface area contributed by atoms with Crippen LogP contribution in [-0.4, -0.2) is 81.3 Å². The van der Waals surface area contributed by atoms with E-state index in [1.165, 1.54) is 5.56 Å². The van der Waals surface area contributed by atoms with Gasteiger partial charge in [-0.2, -0.15) is 0 Å². The Kier molecular flexibility index (Phi) is 12.7. The van der Waals surface area contributed by atoms with Crippen molar-refractivity contribution < 1.29 is 4.74 Å². The first-order valence-electron chi connectivity index (χ1n) is 10.3. The monoisotopic (exact) mass is 503 g/mol. The molecule has 1 aromatic rings. The Labute approximate surface area is 188 Å². The molecule has 6 nitrogen and oxygen atoms in total. The molecule has 1 aliphatic rings. The van der Waals surface area contributed by atoms with Crippen LogP contribution in [0, 0.1) is 0 Å². The fraction of sp³-hybridized carbons (Fsp3) is 0.667. The number of aliphatic imine (C=N–C) groups is 1. The van der Waals surface area contributed by atoms with Gasteiger partial charge in [0.15, 0.2) is 5.96 Å². The largest absolute Gasteiger partial charge is 0.374 e. The minimum absolute atomic E-state index is 0. The lowest BCUT2D eigenvalue weighted by atomic mass is 10.1. The third kappa shape index (κ3) is 8.23. The van der Waals surface area contributed by atoms with E-state index < -0.39 is 0 Å². The Morgan fingerprint density at radius 1 is 1.21 bits per heavy atom. The average molecular weight is 503 g/mol. The molecule has 1 aliphatic heterocycles. The minimum Gasteiger partial charge on any atom is -0.374 e. The van der Waals surface area contributed by atoms with E-state index in [9.17, 15) is 0 Å². The molecule has 0 spiro atoms. The molecule has 1 aromatic carbocycles. The highest BCUT2D eigenvalue weighted by molar-refractivity contribution is 14.0. The first-order valence-corrected chi connectivity index (χ1v) is 10.3. The van der Waals surface area contributed by atoms with Gasteiger partial charge in [-0.25, -0.2) is 0 Å². The summed E-state index contributed by atoms with van der Waals surface area (Å²) in [6, 6.07) is 11.0. The van der Waals surface area contributed by atoms with Crippen LogP contribution in [0.5, 0.6) is 0 Å². The Morgan fingerprint density at radius 2 is 1.93 bits per heavy atom. The van der Waals surface area contributed by atoms with Crippen LogP contribution < -0.4 is 10.6 Å². The molecule has 2 N–H and O–H groups in total. The molecule has 7 heteroatoms. The molecular formula is C21H38IN5O. The van der Waals surface area contributed by atoms with Gasteiger partial charge in [0, 0.05) is 26.2 Å². The first-order chi connectivity index (χ1) is 13.2. The van der Waals surface area contributed by atoms with Crippen molar-refractivity contribution in [1.82, 2.24) is 20.4 Å². The Morgan fingerprint density at radius 3 is 2.54 bits per heavy atom. The van der Waals surface area contributed by atoms with Crippen LogP contribution in [0.25, 0.3) is 0 Å². The SMILES string of the molecule is CCNC(=NCC(c1ccccc1)N(CC)CC)NCC1CN(C)CCO1.I. The maximum absolute atomic E-state index is 5.85. The second kappa shape index (κ2) is 14.1. The third-order valence-electron chi connectivity index (χ3n) is 5.04. The molecule has 2 rings (SSSR count). The number of ether oxygens (including phenoxy) is 1. The zero-order valence-electron chi connectivity index (χ0n) is 17.9. The number of benzene rings is 1. The van der Waals surface area contributed by atoms with Crippen molar-refractivity contribution >= 4 is 29.9 Å². The van der Waals surface area contributed by atoms with Gasteiger partial charge in [0.1, 0.15) is 0 Å². The van der Waals surface area contributed by atoms with Gasteiger partial charge in [0.05, 0.1) is 25.3 Å². The zero-order chi connectivity index (χ0) is 19.5. The van der Waals surface area contributed by atoms with Gasteiger partial charge in [0.2, 0.25) is 0 Å². The lowest BCUT2D eigenvalue weighted by molar-refractivity contribution is -0.0161. The second-order valence-corrected chi connectivity index (χ2v) is 7.00. The third-order valence-corrected chi connectivity index (χ3v) is 5.04. The summed E-state index contributed by atoms with van der Waals surface area (Å²) in [6.45, 7) is 13.7. The smallest absolute Gasteiger partial charge is 0.191 e. The molecule has 0 bridgehead atoms. The molecule has 0 radical (unpaired) electrons. The summed E-state index contributed by atoms with van der Waals surface area (Å²) in [5.74, 6) is 0.863. The van der Waals surface area contributed by atoms with Crippen LogP contribution in [0.3, 0.4) is 0 Å². The number of morpholine rings is 1. The second-order valence-electron chi connectivity index (χ2n) is 7.00. The van der Waals surface area contributed by atoms with Gasteiger partial charge in [0.25, 0.3) is 0 Å². The predicted octanol–water partition coefficient (Wildman–Crippen LogP) is 2.57. The van der Waals surface area contributed by atoms with Crippen molar-refractivity contribution in [1.29, 1.82) is 0 Å². The highest BCUT2D eigenvalue weighted by atomic mass is 127. The van der Waals surface area contributed by atoms with E-state index in [0.717, 1.165) is 58.4 Å². The van der Waals surface area contributed by atoms with Crippen LogP contribution >= 0.6 is 24.0 Å². The summed E-state index contributed by atoms with van der Waals surface area (Å²) in [7, 11) is 2.14. The zero-order valence-corrected chi connectivity index (χ0v) is 20.2. The summed E-state index contributed by atoms with van der Waals surface area (Å²) in [6.07, 6.45) is 0.209. The van der Waals surface area contributed by atoms with Gasteiger partial charge in [-0.1, -0.05) is 44.2 Å². The van der Waals surface area contributed by atoms with Gasteiger partial charge in [-0.15, -0.1) is 24.0 Å². The Balaban J connectivity index is 0.00000392. The molecule has 1 heterocycles. The summed E-state index contributed by atoms with van der Waals surface area (Å²) in [4.78, 5) is 9.67. The summed E-state index contributed by atoms with van der Waals surface area (Å²) >= 11 is 0. The number of likely N-dealkylation sites (N-methyl/N-ethyl adjacent to an activating group) is 2. The minimum atomic E-state index is 0. The topological polar surface area (TPSA) is 52.1 Å². The average Bonchev–Trinajstić information content (AvgIpc) is 2.70. The van der Waals surface area contributed by atoms with Crippen LogP contribution in [0.2, 0.25) is 0 Å². The number of hydrogen-bond acceptors (Lipinski definition) is 4. The van der Waals surface area contributed by atoms with E-state index in [4.69, 9.17) is 9.73 Å². The van der Waals surface area contributed by atoms with Crippen LogP contribution in [0.4, 0.5) is 0 Å². The lowest BCUT2D eigenvalue weighted by Gasteiger charge is -2.31. The van der Waals surface area contributed by atoms with Crippen molar-refractivity contribution in [3.63, 3.8) is 0 Å². The fourth-order valence-electron chi connectivity index (χ4n) is 3.49. The molecule has 0 aromatic heterocycles. The van der Waals surface area contributed by atoms with Gasteiger partial charge in [-0.05, 0) is 32.6 Å². The molecule has 28 heavy (non-hydrogen) atoms. The maximum Gasteiger partial charge on any atom is 0.191 e. The van der Waals surface area contributed by atoms with E-state index in [1.54, 1.807) is 0 Å². The lowest BCUT2D eigenvalue weighted by Crippen LogP contribution is -2.48. The molecule has 160 valence electrons. The predicted molar refractivity (Wildman–Crippen MR) is 129 cm³/mol. The molecule has 0 saturated carbocycles. The summed E-state index contributed by atoms with van der Waals surface area (Å²) < 4.78 is 5.85. The number of guanidine groups is 1. The fourth-order valence-corrected chi connectivity index (χ4v) is 3.49. The van der Waals surface area contributed by atoms with E-state index in [-0.39, 0.29) is 36.1 Å². The normalized spacial score (nSPS) is 19.2. The van der Waals surface area contributed by atoms with Crippen molar-refractivity contribution in [2.24, 2.45) is 4.99 Å². The Hall–Kier alpha value is -0.900. The van der Waals surface area contributed by atoms with Crippen LogP contribution in [0.15, 0.2) is 35.3 Å². The molecule has 1 fully saturated rings. The van der Waals surface area contributed by atoms with Crippen molar-refractivity contribution in [3.8, 4) is 0 Å². The van der Waals surface area contributed by atoms with E-state index in [2.05, 4.69) is 78.6 Å². The summed E-state index contributed by atoms with van der Waals surface area (Å²) in [5.41, 5.74) is 1.32. The number of rotatable bonds is 9. The number of hydrogen-bond donors (Lipinski definition) is 2. The quantitative estimate of drug-likeness (QED) is 0.308. The summed E-state index contributed by atoms with van der Waals surface area (Å²) in [5, 5.41) is 6.83. The van der Waals surface area contributed by atoms with Crippen LogP contribution in [0.1, 0.15) is 32.4 Å². The first kappa shape index (κ1) is 25.1. The molecule has 0 amide bonds. The van der Waals surface area contributed by atoms with Crippen molar-refractivity contribution in [2.75, 3.05) is 59.5 Å². The van der Waals surface area contributed by atoms with Crippen molar-refractivity contribution in [2.45, 2.75) is 32.9 Å². The van der Waals surface area contributed by atoms with Crippen LogP contribution in [-0.2, 0) is 4.74 Å².